The van der Waals surface area contributed by atoms with Crippen LogP contribution in [-0.4, -0.2) is 65.5 Å². The Morgan fingerprint density at radius 3 is 2.56 bits per heavy atom. The Labute approximate surface area is 142 Å². The standard InChI is InChI=1S/C16H16N2O7/c1-25-16(24)10-8-18(6-7-19)14(21)12(10)17-11-5-3-2-4-9(11)13(20)15(22)23/h2-5,17,19H,6-8H2,1H3,(H,22,23). The molecule has 0 spiro atoms. The molecule has 0 radical (unpaired) electrons. The van der Waals surface area contributed by atoms with Crippen molar-refractivity contribution in [2.75, 3.05) is 32.1 Å². The molecule has 0 unspecified atom stereocenters. The smallest absolute Gasteiger partial charge is 0.377 e. The number of benzene rings is 1. The van der Waals surface area contributed by atoms with Crippen molar-refractivity contribution in [2.45, 2.75) is 0 Å². The second kappa shape index (κ2) is 7.58. The number of methoxy groups -OCH3 is 1. The molecule has 1 amide bonds. The average molecular weight is 348 g/mol. The number of carboxylic acids is 1. The second-order valence-electron chi connectivity index (χ2n) is 5.10. The van der Waals surface area contributed by atoms with Crippen LogP contribution in [0.2, 0.25) is 0 Å². The molecule has 9 nitrogen and oxygen atoms in total. The van der Waals surface area contributed by atoms with Crippen molar-refractivity contribution in [2.24, 2.45) is 0 Å². The molecule has 9 heteroatoms. The molecule has 3 N–H and O–H groups in total. The van der Waals surface area contributed by atoms with Crippen molar-refractivity contribution in [3.05, 3.63) is 41.1 Å². The van der Waals surface area contributed by atoms with Crippen molar-refractivity contribution >= 4 is 29.3 Å². The first-order chi connectivity index (χ1) is 11.9. The molecule has 132 valence electrons. The van der Waals surface area contributed by atoms with E-state index in [9.17, 15) is 19.2 Å². The number of Topliss-reactive ketones (excluding diaryl/α,β-unsaturated/α-hetero) is 1. The molecular formula is C16H16N2O7. The molecule has 2 rings (SSSR count). The normalized spacial score (nSPS) is 13.8. The van der Waals surface area contributed by atoms with Crippen LogP contribution in [0.5, 0.6) is 0 Å². The monoisotopic (exact) mass is 348 g/mol. The van der Waals surface area contributed by atoms with Gasteiger partial charge in [-0.05, 0) is 12.1 Å². The number of para-hydroxylation sites is 1. The maximum absolute atomic E-state index is 12.4. The van der Waals surface area contributed by atoms with Gasteiger partial charge in [0.05, 0.1) is 37.1 Å². The maximum atomic E-state index is 12.4. The number of aliphatic hydroxyl groups excluding tert-OH is 1. The Kier molecular flexibility index (Phi) is 5.50. The van der Waals surface area contributed by atoms with Gasteiger partial charge in [-0.25, -0.2) is 9.59 Å². The molecule has 0 saturated heterocycles. The van der Waals surface area contributed by atoms with Crippen molar-refractivity contribution in [1.82, 2.24) is 4.90 Å². The van der Waals surface area contributed by atoms with Crippen molar-refractivity contribution in [3.63, 3.8) is 0 Å². The highest BCUT2D eigenvalue weighted by Crippen LogP contribution is 2.25. The van der Waals surface area contributed by atoms with E-state index in [-0.39, 0.29) is 42.2 Å². The summed E-state index contributed by atoms with van der Waals surface area (Å²) in [4.78, 5) is 48.3. The average Bonchev–Trinajstić information content (AvgIpc) is 2.91. The summed E-state index contributed by atoms with van der Waals surface area (Å²) in [5.41, 5.74) is -0.171. The van der Waals surface area contributed by atoms with Gasteiger partial charge in [0.2, 0.25) is 0 Å². The van der Waals surface area contributed by atoms with Gasteiger partial charge in [0, 0.05) is 6.54 Å². The lowest BCUT2D eigenvalue weighted by molar-refractivity contribution is -0.136. The van der Waals surface area contributed by atoms with Gasteiger partial charge >= 0.3 is 11.9 Å². The van der Waals surface area contributed by atoms with Gasteiger partial charge in [0.1, 0.15) is 5.70 Å². The van der Waals surface area contributed by atoms with Gasteiger partial charge in [-0.3, -0.25) is 9.59 Å². The number of rotatable bonds is 7. The number of ketones is 1. The van der Waals surface area contributed by atoms with Crippen LogP contribution in [0.3, 0.4) is 0 Å². The zero-order chi connectivity index (χ0) is 18.6. The van der Waals surface area contributed by atoms with Crippen LogP contribution in [0.1, 0.15) is 10.4 Å². The van der Waals surface area contributed by atoms with Crippen LogP contribution >= 0.6 is 0 Å². The van der Waals surface area contributed by atoms with Gasteiger partial charge in [-0.15, -0.1) is 0 Å². The molecule has 0 atom stereocenters. The van der Waals surface area contributed by atoms with Gasteiger partial charge < -0.3 is 25.2 Å². The number of nitrogens with one attached hydrogen (secondary N) is 1. The minimum atomic E-state index is -1.64. The number of anilines is 1. The predicted octanol–water partition coefficient (Wildman–Crippen LogP) is -0.373. The van der Waals surface area contributed by atoms with E-state index in [2.05, 4.69) is 10.1 Å². The summed E-state index contributed by atoms with van der Waals surface area (Å²) in [6, 6.07) is 5.73. The van der Waals surface area contributed by atoms with E-state index in [1.807, 2.05) is 0 Å². The van der Waals surface area contributed by atoms with Crippen LogP contribution in [0, 0.1) is 0 Å². The third-order valence-corrected chi connectivity index (χ3v) is 3.58. The molecular weight excluding hydrogens is 332 g/mol. The Hall–Kier alpha value is -3.20. The molecule has 25 heavy (non-hydrogen) atoms. The first kappa shape index (κ1) is 18.1. The van der Waals surface area contributed by atoms with Crippen LogP contribution in [-0.2, 0) is 19.1 Å². The number of β-amino-alcohol motifs (C(OH)–C–C–N with tert-alkyl or cyclic N) is 1. The molecule has 0 saturated carbocycles. The summed E-state index contributed by atoms with van der Waals surface area (Å²) in [6.45, 7) is -0.342. The number of carbonyl (C=O) groups is 4. The highest BCUT2D eigenvalue weighted by molar-refractivity contribution is 6.41. The lowest BCUT2D eigenvalue weighted by Crippen LogP contribution is -2.31. The molecule has 1 heterocycles. The number of esters is 1. The molecule has 0 aromatic heterocycles. The van der Waals surface area contributed by atoms with Crippen LogP contribution in [0.25, 0.3) is 0 Å². The van der Waals surface area contributed by atoms with E-state index in [1.165, 1.54) is 23.1 Å². The van der Waals surface area contributed by atoms with Gasteiger partial charge in [-0.1, -0.05) is 12.1 Å². The minimum absolute atomic E-state index is 0.0141. The third-order valence-electron chi connectivity index (χ3n) is 3.58. The Balaban J connectivity index is 2.43. The summed E-state index contributed by atoms with van der Waals surface area (Å²) < 4.78 is 4.65. The van der Waals surface area contributed by atoms with Crippen LogP contribution < -0.4 is 5.32 Å². The number of nitrogens with zero attached hydrogens (tertiary/aromatic N) is 1. The Bertz CT molecular complexity index is 770. The molecule has 0 aliphatic carbocycles. The van der Waals surface area contributed by atoms with Crippen LogP contribution in [0.4, 0.5) is 5.69 Å². The molecule has 0 fully saturated rings. The fourth-order valence-electron chi connectivity index (χ4n) is 2.39. The summed E-state index contributed by atoms with van der Waals surface area (Å²) in [6.07, 6.45) is 0. The van der Waals surface area contributed by atoms with Gasteiger partial charge in [-0.2, -0.15) is 0 Å². The fourth-order valence-corrected chi connectivity index (χ4v) is 2.39. The van der Waals surface area contributed by atoms with E-state index in [0.29, 0.717) is 0 Å². The highest BCUT2D eigenvalue weighted by atomic mass is 16.5. The van der Waals surface area contributed by atoms with E-state index in [4.69, 9.17) is 10.2 Å². The SMILES string of the molecule is COC(=O)C1=C(Nc2ccccc2C(=O)C(=O)O)C(=O)N(CCO)C1. The number of amides is 1. The van der Waals surface area contributed by atoms with E-state index >= 15 is 0 Å². The lowest BCUT2D eigenvalue weighted by Gasteiger charge is -2.15. The molecule has 1 aliphatic heterocycles. The number of ether oxygens (including phenoxy) is 1. The quantitative estimate of drug-likeness (QED) is 0.345. The largest absolute Gasteiger partial charge is 0.475 e. The molecule has 0 bridgehead atoms. The number of carbonyl (C=O) groups excluding carboxylic acids is 3. The number of aliphatic hydroxyl groups is 1. The predicted molar refractivity (Wildman–Crippen MR) is 84.7 cm³/mol. The summed E-state index contributed by atoms with van der Waals surface area (Å²) in [5, 5.41) is 20.6. The Morgan fingerprint density at radius 2 is 1.96 bits per heavy atom. The third kappa shape index (κ3) is 3.66. The molecule has 1 aromatic rings. The zero-order valence-corrected chi connectivity index (χ0v) is 13.3. The maximum Gasteiger partial charge on any atom is 0.377 e. The number of hydrogen-bond donors (Lipinski definition) is 3. The summed E-state index contributed by atoms with van der Waals surface area (Å²) >= 11 is 0. The number of carboxylic acid groups (broad SMARTS) is 1. The summed E-state index contributed by atoms with van der Waals surface area (Å²) in [7, 11) is 1.16. The number of hydrogen-bond acceptors (Lipinski definition) is 7. The van der Waals surface area contributed by atoms with Crippen molar-refractivity contribution < 1.29 is 34.1 Å². The fraction of sp³-hybridized carbons (Fsp3) is 0.250. The van der Waals surface area contributed by atoms with Crippen molar-refractivity contribution in [3.8, 4) is 0 Å². The Morgan fingerprint density at radius 1 is 1.28 bits per heavy atom. The van der Waals surface area contributed by atoms with Gasteiger partial charge in [0.15, 0.2) is 0 Å². The van der Waals surface area contributed by atoms with Crippen LogP contribution in [0.15, 0.2) is 35.5 Å². The van der Waals surface area contributed by atoms with E-state index in [1.54, 1.807) is 6.07 Å². The minimum Gasteiger partial charge on any atom is -0.475 e. The second-order valence-corrected chi connectivity index (χ2v) is 5.10. The lowest BCUT2D eigenvalue weighted by atomic mass is 10.1. The number of aliphatic carboxylic acids is 1. The summed E-state index contributed by atoms with van der Waals surface area (Å²) in [5.74, 6) is -4.09. The first-order valence-electron chi connectivity index (χ1n) is 7.26. The van der Waals surface area contributed by atoms with E-state index in [0.717, 1.165) is 7.11 Å². The topological polar surface area (TPSA) is 133 Å². The van der Waals surface area contributed by atoms with Crippen molar-refractivity contribution in [1.29, 1.82) is 0 Å². The molecule has 1 aliphatic rings. The molecule has 1 aromatic carbocycles. The zero-order valence-electron chi connectivity index (χ0n) is 13.3. The first-order valence-corrected chi connectivity index (χ1v) is 7.26. The highest BCUT2D eigenvalue weighted by Gasteiger charge is 2.35. The van der Waals surface area contributed by atoms with Gasteiger partial charge in [0.25, 0.3) is 11.7 Å². The van der Waals surface area contributed by atoms with E-state index < -0.39 is 23.6 Å².